The highest BCUT2D eigenvalue weighted by Crippen LogP contribution is 2.45. The second kappa shape index (κ2) is 5.05. The fourth-order valence-electron chi connectivity index (χ4n) is 3.58. The van der Waals surface area contributed by atoms with Crippen LogP contribution in [-0.4, -0.2) is 39.3 Å². The summed E-state index contributed by atoms with van der Waals surface area (Å²) in [4.78, 5) is 11.5. The molecule has 3 aromatic rings. The molecular weight excluding hydrogens is 347 g/mol. The first-order valence-corrected chi connectivity index (χ1v) is 8.55. The lowest BCUT2D eigenvalue weighted by Crippen LogP contribution is -2.28. The van der Waals surface area contributed by atoms with Gasteiger partial charge in [-0.05, 0) is 17.9 Å². The Morgan fingerprint density at radius 1 is 1.21 bits per heavy atom. The summed E-state index contributed by atoms with van der Waals surface area (Å²) in [6.07, 6.45) is 1.79. The average Bonchev–Trinajstić information content (AvgIpc) is 3.00. The zero-order valence-electron chi connectivity index (χ0n) is 12.6. The lowest BCUT2D eigenvalue weighted by molar-refractivity contribution is 0.735. The third-order valence-electron chi connectivity index (χ3n) is 5.05. The van der Waals surface area contributed by atoms with Crippen LogP contribution in [0.5, 0.6) is 0 Å². The lowest BCUT2D eigenvalue weighted by Gasteiger charge is -2.19. The number of nitrogens with zero attached hydrogens (tertiary/aromatic N) is 4. The Kier molecular flexibility index (Phi) is 3.04. The van der Waals surface area contributed by atoms with Crippen molar-refractivity contribution in [1.82, 2.24) is 20.2 Å². The first-order valence-electron chi connectivity index (χ1n) is 7.79. The monoisotopic (exact) mass is 360 g/mol. The number of H-pyrrole nitrogens is 1. The van der Waals surface area contributed by atoms with Crippen LogP contribution in [0.15, 0.2) is 24.4 Å². The van der Waals surface area contributed by atoms with Gasteiger partial charge in [-0.2, -0.15) is 5.10 Å². The van der Waals surface area contributed by atoms with E-state index in [9.17, 15) is 0 Å². The van der Waals surface area contributed by atoms with Gasteiger partial charge in [-0.3, -0.25) is 5.10 Å². The summed E-state index contributed by atoms with van der Waals surface area (Å²) in [5, 5.41) is 8.24. The predicted octanol–water partition coefficient (Wildman–Crippen LogP) is 2.72. The SMILES string of the molecule is N[C@H]1[C@H]2CN(c3cnc4c(-c5cccc(Cl)c5Cl)n[nH]c4n3)C[C@@H]12. The van der Waals surface area contributed by atoms with E-state index in [-0.39, 0.29) is 0 Å². The minimum absolute atomic E-state index is 0.363. The highest BCUT2D eigenvalue weighted by atomic mass is 35.5. The van der Waals surface area contributed by atoms with Crippen molar-refractivity contribution in [1.29, 1.82) is 0 Å². The van der Waals surface area contributed by atoms with Crippen molar-refractivity contribution in [2.24, 2.45) is 17.6 Å². The molecule has 1 aliphatic heterocycles. The molecule has 0 spiro atoms. The molecule has 122 valence electrons. The van der Waals surface area contributed by atoms with Gasteiger partial charge < -0.3 is 10.6 Å². The minimum Gasteiger partial charge on any atom is -0.355 e. The maximum Gasteiger partial charge on any atom is 0.177 e. The normalized spacial score (nSPS) is 25.3. The van der Waals surface area contributed by atoms with Crippen LogP contribution in [0.4, 0.5) is 5.82 Å². The molecule has 1 aliphatic carbocycles. The number of hydrogen-bond donors (Lipinski definition) is 2. The van der Waals surface area contributed by atoms with Crippen LogP contribution < -0.4 is 10.6 Å². The Bertz CT molecular complexity index is 943. The third kappa shape index (κ3) is 2.03. The van der Waals surface area contributed by atoms with Crippen LogP contribution in [0.25, 0.3) is 22.4 Å². The summed E-state index contributed by atoms with van der Waals surface area (Å²) < 4.78 is 0. The number of aromatic nitrogens is 4. The molecule has 3 atom stereocenters. The molecule has 24 heavy (non-hydrogen) atoms. The van der Waals surface area contributed by atoms with Gasteiger partial charge in [0.2, 0.25) is 0 Å². The smallest absolute Gasteiger partial charge is 0.177 e. The van der Waals surface area contributed by atoms with E-state index in [0.29, 0.717) is 44.8 Å². The number of nitrogens with two attached hydrogens (primary N) is 1. The maximum absolute atomic E-state index is 6.30. The van der Waals surface area contributed by atoms with Crippen molar-refractivity contribution in [2.45, 2.75) is 6.04 Å². The van der Waals surface area contributed by atoms with Gasteiger partial charge in [-0.1, -0.05) is 35.3 Å². The number of aromatic amines is 1. The Balaban J connectivity index is 1.53. The van der Waals surface area contributed by atoms with Crippen molar-refractivity contribution in [3.05, 3.63) is 34.4 Å². The second-order valence-corrected chi connectivity index (χ2v) is 7.19. The lowest BCUT2D eigenvalue weighted by atomic mass is 10.1. The van der Waals surface area contributed by atoms with Crippen molar-refractivity contribution >= 4 is 40.2 Å². The Morgan fingerprint density at radius 3 is 2.79 bits per heavy atom. The zero-order valence-corrected chi connectivity index (χ0v) is 14.1. The van der Waals surface area contributed by atoms with Crippen molar-refractivity contribution in [2.75, 3.05) is 18.0 Å². The van der Waals surface area contributed by atoms with Crippen molar-refractivity contribution in [3.8, 4) is 11.3 Å². The number of hydrogen-bond acceptors (Lipinski definition) is 5. The minimum atomic E-state index is 0.363. The molecule has 0 amide bonds. The first kappa shape index (κ1) is 14.5. The van der Waals surface area contributed by atoms with Gasteiger partial charge >= 0.3 is 0 Å². The van der Waals surface area contributed by atoms with E-state index >= 15 is 0 Å². The number of anilines is 1. The first-order chi connectivity index (χ1) is 11.6. The molecule has 2 fully saturated rings. The van der Waals surface area contributed by atoms with E-state index in [1.54, 1.807) is 12.3 Å². The molecule has 1 saturated heterocycles. The fourth-order valence-corrected chi connectivity index (χ4v) is 3.97. The van der Waals surface area contributed by atoms with Crippen LogP contribution >= 0.6 is 23.2 Å². The number of fused-ring (bicyclic) bond motifs is 2. The third-order valence-corrected chi connectivity index (χ3v) is 5.87. The molecule has 5 rings (SSSR count). The van der Waals surface area contributed by atoms with Gasteiger partial charge in [0.1, 0.15) is 17.0 Å². The summed E-state index contributed by atoms with van der Waals surface area (Å²) >= 11 is 12.4. The molecule has 1 aromatic carbocycles. The number of halogens is 2. The summed E-state index contributed by atoms with van der Waals surface area (Å²) in [5.74, 6) is 2.06. The predicted molar refractivity (Wildman–Crippen MR) is 94.3 cm³/mol. The number of piperidine rings is 1. The van der Waals surface area contributed by atoms with Gasteiger partial charge in [0.05, 0.1) is 16.2 Å². The Labute approximate surface area is 148 Å². The fraction of sp³-hybridized carbons (Fsp3) is 0.312. The molecule has 2 aromatic heterocycles. The number of benzene rings is 1. The molecule has 8 heteroatoms. The number of nitrogens with one attached hydrogen (secondary N) is 1. The largest absolute Gasteiger partial charge is 0.355 e. The van der Waals surface area contributed by atoms with E-state index in [2.05, 4.69) is 25.1 Å². The summed E-state index contributed by atoms with van der Waals surface area (Å²) in [5.41, 5.74) is 8.72. The standard InChI is InChI=1S/C16H14Cl2N6/c17-10-3-1-2-7(12(10)18)14-15-16(23-22-14)21-11(4-20-15)24-5-8-9(6-24)13(8)19/h1-4,8-9,13H,5-6,19H2,(H,21,22,23)/t8-,9+,13-. The molecule has 1 saturated carbocycles. The van der Waals surface area contributed by atoms with Gasteiger partial charge in [0, 0.05) is 24.7 Å². The highest BCUT2D eigenvalue weighted by Gasteiger charge is 2.53. The van der Waals surface area contributed by atoms with Crippen LogP contribution in [0.3, 0.4) is 0 Å². The topological polar surface area (TPSA) is 83.7 Å². The maximum atomic E-state index is 6.30. The second-order valence-electron chi connectivity index (χ2n) is 6.41. The molecule has 6 nitrogen and oxygen atoms in total. The van der Waals surface area contributed by atoms with Crippen molar-refractivity contribution in [3.63, 3.8) is 0 Å². The molecular formula is C16H14Cl2N6. The molecule has 3 N–H and O–H groups in total. The zero-order chi connectivity index (χ0) is 16.4. The van der Waals surface area contributed by atoms with E-state index < -0.39 is 0 Å². The summed E-state index contributed by atoms with van der Waals surface area (Å²) in [6.45, 7) is 1.90. The molecule has 0 bridgehead atoms. The Morgan fingerprint density at radius 2 is 2.00 bits per heavy atom. The average molecular weight is 361 g/mol. The van der Waals surface area contributed by atoms with Crippen LogP contribution in [-0.2, 0) is 0 Å². The Hall–Kier alpha value is -1.89. The van der Waals surface area contributed by atoms with Gasteiger partial charge in [-0.15, -0.1) is 0 Å². The van der Waals surface area contributed by atoms with E-state index in [4.69, 9.17) is 28.9 Å². The van der Waals surface area contributed by atoms with E-state index in [1.807, 2.05) is 12.1 Å². The summed E-state index contributed by atoms with van der Waals surface area (Å²) in [7, 11) is 0. The van der Waals surface area contributed by atoms with E-state index in [0.717, 1.165) is 24.5 Å². The van der Waals surface area contributed by atoms with Crippen molar-refractivity contribution < 1.29 is 0 Å². The van der Waals surface area contributed by atoms with Crippen LogP contribution in [0.2, 0.25) is 10.0 Å². The molecule has 0 radical (unpaired) electrons. The van der Waals surface area contributed by atoms with Gasteiger partial charge in [0.15, 0.2) is 5.65 Å². The molecule has 0 unspecified atom stereocenters. The van der Waals surface area contributed by atoms with Crippen LogP contribution in [0, 0.1) is 11.8 Å². The quantitative estimate of drug-likeness (QED) is 0.733. The summed E-state index contributed by atoms with van der Waals surface area (Å²) in [6, 6.07) is 5.82. The highest BCUT2D eigenvalue weighted by molar-refractivity contribution is 6.43. The molecule has 2 aliphatic rings. The number of rotatable bonds is 2. The van der Waals surface area contributed by atoms with Gasteiger partial charge in [-0.25, -0.2) is 9.97 Å². The molecule has 3 heterocycles. The van der Waals surface area contributed by atoms with E-state index in [1.165, 1.54) is 0 Å². The van der Waals surface area contributed by atoms with Gasteiger partial charge in [0.25, 0.3) is 0 Å². The van der Waals surface area contributed by atoms with Crippen LogP contribution in [0.1, 0.15) is 0 Å².